The van der Waals surface area contributed by atoms with Crippen molar-refractivity contribution in [1.82, 2.24) is 9.55 Å². The summed E-state index contributed by atoms with van der Waals surface area (Å²) in [5.41, 5.74) is 5.02. The zero-order valence-electron chi connectivity index (χ0n) is 12.6. The number of carbonyl (C=O) groups excluding carboxylic acids is 1. The second kappa shape index (κ2) is 7.83. The number of hydrogen-bond donors (Lipinski definition) is 3. The Morgan fingerprint density at radius 1 is 1.33 bits per heavy atom. The molecule has 1 aromatic heterocycles. The maximum absolute atomic E-state index is 12.2. The van der Waals surface area contributed by atoms with Crippen LogP contribution in [0, 0.1) is 15.9 Å². The molecule has 0 unspecified atom stereocenters. The van der Waals surface area contributed by atoms with E-state index in [0.29, 0.717) is 6.42 Å². The van der Waals surface area contributed by atoms with Gasteiger partial charge in [-0.2, -0.15) is 0 Å². The molecule has 0 saturated heterocycles. The van der Waals surface area contributed by atoms with Gasteiger partial charge in [0.05, 0.1) is 6.54 Å². The molecule has 0 bridgehead atoms. The number of nitrogen functional groups attached to an aromatic ring is 1. The van der Waals surface area contributed by atoms with Crippen molar-refractivity contribution in [2.75, 3.05) is 11.1 Å². The standard InChI is InChI=1S/C16H15IN4O3/c1-2-9-21-15(23)13(14(18)20-16(21)24)19-12(22)8-5-10-3-6-11(17)7-4-10/h1,3-4,6-7H,5,8-9,18H2,(H,19,22)(H,20,24). The van der Waals surface area contributed by atoms with Crippen molar-refractivity contribution in [2.24, 2.45) is 0 Å². The second-order valence-corrected chi connectivity index (χ2v) is 6.23. The van der Waals surface area contributed by atoms with Crippen molar-refractivity contribution >= 4 is 40.0 Å². The molecule has 8 heteroatoms. The molecule has 0 radical (unpaired) electrons. The summed E-state index contributed by atoms with van der Waals surface area (Å²) in [6.45, 7) is -0.208. The molecule has 1 heterocycles. The lowest BCUT2D eigenvalue weighted by atomic mass is 10.1. The van der Waals surface area contributed by atoms with Crippen LogP contribution in [0.2, 0.25) is 0 Å². The molecule has 124 valence electrons. The van der Waals surface area contributed by atoms with Crippen molar-refractivity contribution in [3.05, 3.63) is 54.2 Å². The SMILES string of the molecule is C#CCn1c(=O)[nH]c(N)c(NC(=O)CCc2ccc(I)cc2)c1=O. The van der Waals surface area contributed by atoms with Gasteiger partial charge >= 0.3 is 5.69 Å². The van der Waals surface area contributed by atoms with Crippen LogP contribution in [-0.4, -0.2) is 15.5 Å². The first-order chi connectivity index (χ1) is 11.4. The molecule has 7 nitrogen and oxygen atoms in total. The maximum atomic E-state index is 12.2. The number of rotatable bonds is 5. The van der Waals surface area contributed by atoms with Crippen molar-refractivity contribution in [2.45, 2.75) is 19.4 Å². The molecule has 2 rings (SSSR count). The van der Waals surface area contributed by atoms with E-state index in [9.17, 15) is 14.4 Å². The van der Waals surface area contributed by atoms with Crippen LogP contribution in [0.3, 0.4) is 0 Å². The third kappa shape index (κ3) is 4.26. The Morgan fingerprint density at radius 2 is 2.00 bits per heavy atom. The number of nitrogens with one attached hydrogen (secondary N) is 2. The largest absolute Gasteiger partial charge is 0.383 e. The summed E-state index contributed by atoms with van der Waals surface area (Å²) in [5.74, 6) is 1.63. The van der Waals surface area contributed by atoms with E-state index in [1.165, 1.54) is 0 Å². The number of benzene rings is 1. The summed E-state index contributed by atoms with van der Waals surface area (Å²) in [6, 6.07) is 7.77. The number of carbonyl (C=O) groups is 1. The van der Waals surface area contributed by atoms with E-state index in [2.05, 4.69) is 38.8 Å². The van der Waals surface area contributed by atoms with E-state index in [1.54, 1.807) is 0 Å². The Balaban J connectivity index is 2.13. The molecule has 24 heavy (non-hydrogen) atoms. The van der Waals surface area contributed by atoms with E-state index in [0.717, 1.165) is 13.7 Å². The molecule has 1 aromatic carbocycles. The number of nitrogens with zero attached hydrogens (tertiary/aromatic N) is 1. The number of aromatic nitrogens is 2. The molecule has 0 atom stereocenters. The monoisotopic (exact) mass is 438 g/mol. The summed E-state index contributed by atoms with van der Waals surface area (Å²) in [5, 5.41) is 2.45. The topological polar surface area (TPSA) is 110 Å². The molecule has 4 N–H and O–H groups in total. The maximum Gasteiger partial charge on any atom is 0.330 e. The first kappa shape index (κ1) is 17.8. The van der Waals surface area contributed by atoms with Gasteiger partial charge in [0.25, 0.3) is 5.56 Å². The molecule has 1 amide bonds. The normalized spacial score (nSPS) is 10.2. The van der Waals surface area contributed by atoms with E-state index >= 15 is 0 Å². The molecule has 0 fully saturated rings. The zero-order valence-corrected chi connectivity index (χ0v) is 14.8. The fraction of sp³-hybridized carbons (Fsp3) is 0.188. The molecule has 0 spiro atoms. The zero-order chi connectivity index (χ0) is 17.7. The summed E-state index contributed by atoms with van der Waals surface area (Å²) in [7, 11) is 0. The van der Waals surface area contributed by atoms with Crippen LogP contribution in [-0.2, 0) is 17.8 Å². The van der Waals surface area contributed by atoms with Crippen LogP contribution in [0.5, 0.6) is 0 Å². The number of hydrogen-bond acceptors (Lipinski definition) is 4. The molecule has 0 aliphatic heterocycles. The smallest absolute Gasteiger partial charge is 0.330 e. The predicted molar refractivity (Wildman–Crippen MR) is 101 cm³/mol. The van der Waals surface area contributed by atoms with Gasteiger partial charge in [-0.05, 0) is 46.7 Å². The van der Waals surface area contributed by atoms with Crippen molar-refractivity contribution in [3.8, 4) is 12.3 Å². The Labute approximate surface area is 151 Å². The number of halogens is 1. The Morgan fingerprint density at radius 3 is 2.62 bits per heavy atom. The van der Waals surface area contributed by atoms with Crippen molar-refractivity contribution in [3.63, 3.8) is 0 Å². The van der Waals surface area contributed by atoms with E-state index < -0.39 is 11.2 Å². The highest BCUT2D eigenvalue weighted by Crippen LogP contribution is 2.11. The minimum Gasteiger partial charge on any atom is -0.383 e. The van der Waals surface area contributed by atoms with Crippen LogP contribution in [0.15, 0.2) is 33.9 Å². The number of aromatic amines is 1. The number of anilines is 2. The fourth-order valence-corrected chi connectivity index (χ4v) is 2.41. The van der Waals surface area contributed by atoms with Gasteiger partial charge in [0.1, 0.15) is 11.5 Å². The third-order valence-corrected chi connectivity index (χ3v) is 4.00. The van der Waals surface area contributed by atoms with Crippen LogP contribution >= 0.6 is 22.6 Å². The highest BCUT2D eigenvalue weighted by Gasteiger charge is 2.14. The Hall–Kier alpha value is -2.54. The van der Waals surface area contributed by atoms with E-state index in [4.69, 9.17) is 12.2 Å². The highest BCUT2D eigenvalue weighted by molar-refractivity contribution is 14.1. The first-order valence-electron chi connectivity index (χ1n) is 7.02. The fourth-order valence-electron chi connectivity index (χ4n) is 2.05. The van der Waals surface area contributed by atoms with E-state index in [-0.39, 0.29) is 30.4 Å². The lowest BCUT2D eigenvalue weighted by molar-refractivity contribution is -0.116. The summed E-state index contributed by atoms with van der Waals surface area (Å²) >= 11 is 2.20. The quantitative estimate of drug-likeness (QED) is 0.477. The van der Waals surface area contributed by atoms with Gasteiger partial charge in [-0.15, -0.1) is 6.42 Å². The van der Waals surface area contributed by atoms with Crippen LogP contribution in [0.25, 0.3) is 0 Å². The lowest BCUT2D eigenvalue weighted by Crippen LogP contribution is -2.38. The lowest BCUT2D eigenvalue weighted by Gasteiger charge is -2.09. The van der Waals surface area contributed by atoms with Gasteiger partial charge in [0.2, 0.25) is 5.91 Å². The number of nitrogens with two attached hydrogens (primary N) is 1. The van der Waals surface area contributed by atoms with Gasteiger partial charge < -0.3 is 11.1 Å². The summed E-state index contributed by atoms with van der Waals surface area (Å²) in [6.07, 6.45) is 5.82. The van der Waals surface area contributed by atoms with Gasteiger partial charge in [-0.1, -0.05) is 18.1 Å². The molecule has 2 aromatic rings. The van der Waals surface area contributed by atoms with Crippen LogP contribution in [0.1, 0.15) is 12.0 Å². The molecule has 0 aliphatic carbocycles. The van der Waals surface area contributed by atoms with E-state index in [1.807, 2.05) is 24.3 Å². The highest BCUT2D eigenvalue weighted by atomic mass is 127. The molecule has 0 saturated carbocycles. The summed E-state index contributed by atoms with van der Waals surface area (Å²) < 4.78 is 1.90. The van der Waals surface area contributed by atoms with Crippen LogP contribution < -0.4 is 22.3 Å². The number of aryl methyl sites for hydroxylation is 1. The van der Waals surface area contributed by atoms with Gasteiger partial charge in [-0.3, -0.25) is 14.6 Å². The average molecular weight is 438 g/mol. The summed E-state index contributed by atoms with van der Waals surface area (Å²) in [4.78, 5) is 38.2. The third-order valence-electron chi connectivity index (χ3n) is 3.28. The average Bonchev–Trinajstić information content (AvgIpc) is 2.55. The Bertz CT molecular complexity index is 907. The van der Waals surface area contributed by atoms with Gasteiger partial charge in [-0.25, -0.2) is 9.36 Å². The predicted octanol–water partition coefficient (Wildman–Crippen LogP) is 0.928. The number of amides is 1. The van der Waals surface area contributed by atoms with Gasteiger partial charge in [0, 0.05) is 9.99 Å². The van der Waals surface area contributed by atoms with Gasteiger partial charge in [0.15, 0.2) is 0 Å². The van der Waals surface area contributed by atoms with Crippen LogP contribution in [0.4, 0.5) is 11.5 Å². The molecular formula is C16H15IN4O3. The molecular weight excluding hydrogens is 423 g/mol. The Kier molecular flexibility index (Phi) is 5.81. The number of H-pyrrole nitrogens is 1. The minimum atomic E-state index is -0.725. The second-order valence-electron chi connectivity index (χ2n) is 4.99. The van der Waals surface area contributed by atoms with Crippen molar-refractivity contribution < 1.29 is 4.79 Å². The van der Waals surface area contributed by atoms with Crippen molar-refractivity contribution in [1.29, 1.82) is 0 Å². The first-order valence-corrected chi connectivity index (χ1v) is 8.10. The molecule has 0 aliphatic rings. The number of terminal acetylenes is 1. The minimum absolute atomic E-state index is 0.169.